The highest BCUT2D eigenvalue weighted by molar-refractivity contribution is 6.19. The van der Waals surface area contributed by atoms with E-state index in [1.54, 1.807) is 28.1 Å². The summed E-state index contributed by atoms with van der Waals surface area (Å²) in [6.45, 7) is 3.81. The van der Waals surface area contributed by atoms with Crippen LogP contribution < -0.4 is 9.47 Å². The van der Waals surface area contributed by atoms with Crippen LogP contribution in [0.5, 0.6) is 11.5 Å². The van der Waals surface area contributed by atoms with Crippen molar-refractivity contribution >= 4 is 33.6 Å². The van der Waals surface area contributed by atoms with Gasteiger partial charge in [-0.15, -0.1) is 0 Å². The van der Waals surface area contributed by atoms with Gasteiger partial charge in [0, 0.05) is 35.2 Å². The number of carbonyl (C=O) groups excluding carboxylic acids is 2. The maximum absolute atomic E-state index is 13.8. The SMILES string of the molecule is CCOC(=O)C1(C(=O)OCC)Cc2c(c(-c3ccc(OC)cc3)c3c(cnc4ccccc43)c2-c2ccc(OC)cc2)C1. The summed E-state index contributed by atoms with van der Waals surface area (Å²) in [6, 6.07) is 23.8. The van der Waals surface area contributed by atoms with Crippen LogP contribution in [0.1, 0.15) is 25.0 Å². The normalized spacial score (nSPS) is 13.5. The minimum Gasteiger partial charge on any atom is -0.497 e. The Morgan fingerprint density at radius 1 is 0.698 bits per heavy atom. The predicted molar refractivity (Wildman–Crippen MR) is 166 cm³/mol. The van der Waals surface area contributed by atoms with Crippen molar-refractivity contribution in [2.75, 3.05) is 27.4 Å². The van der Waals surface area contributed by atoms with E-state index in [0.29, 0.717) is 0 Å². The molecule has 0 fully saturated rings. The van der Waals surface area contributed by atoms with Gasteiger partial charge in [0.15, 0.2) is 5.41 Å². The zero-order valence-corrected chi connectivity index (χ0v) is 24.7. The Hall–Kier alpha value is -4.91. The lowest BCUT2D eigenvalue weighted by Crippen LogP contribution is -2.43. The van der Waals surface area contributed by atoms with Crippen molar-refractivity contribution in [1.29, 1.82) is 0 Å². The summed E-state index contributed by atoms with van der Waals surface area (Å²) in [5.41, 5.74) is 4.93. The number of hydrogen-bond acceptors (Lipinski definition) is 7. The Labute approximate surface area is 250 Å². The molecule has 6 rings (SSSR count). The molecule has 0 amide bonds. The van der Waals surface area contributed by atoms with Crippen LogP contribution in [-0.2, 0) is 31.9 Å². The summed E-state index contributed by atoms with van der Waals surface area (Å²) in [7, 11) is 3.27. The molecule has 0 bridgehead atoms. The van der Waals surface area contributed by atoms with Crippen LogP contribution >= 0.6 is 0 Å². The molecule has 1 aromatic heterocycles. The van der Waals surface area contributed by atoms with E-state index in [9.17, 15) is 9.59 Å². The number of pyridine rings is 1. The number of para-hydroxylation sites is 1. The standard InChI is InChI=1S/C36H33NO6/c1-5-42-34(38)36(35(39)43-6-2)19-27-28(20-36)32(23-13-17-25(41-4)18-14-23)33-26-9-7-8-10-30(26)37-21-29(33)31(27)22-11-15-24(40-3)16-12-22/h7-18,21H,5-6,19-20H2,1-4H3. The molecule has 1 aliphatic rings. The maximum Gasteiger partial charge on any atom is 0.324 e. The van der Waals surface area contributed by atoms with Crippen LogP contribution in [0.4, 0.5) is 0 Å². The molecule has 1 aliphatic carbocycles. The van der Waals surface area contributed by atoms with Crippen LogP contribution in [0.3, 0.4) is 0 Å². The minimum absolute atomic E-state index is 0.146. The molecule has 0 atom stereocenters. The quantitative estimate of drug-likeness (QED) is 0.112. The number of ether oxygens (including phenoxy) is 4. The molecule has 1 heterocycles. The van der Waals surface area contributed by atoms with Crippen LogP contribution in [0.2, 0.25) is 0 Å². The second-order valence-corrected chi connectivity index (χ2v) is 10.6. The molecule has 218 valence electrons. The lowest BCUT2D eigenvalue weighted by Gasteiger charge is -2.24. The molecular formula is C36H33NO6. The summed E-state index contributed by atoms with van der Waals surface area (Å²) in [5.74, 6) is 0.324. The van der Waals surface area contributed by atoms with Gasteiger partial charge in [-0.3, -0.25) is 14.6 Å². The Bertz CT molecular complexity index is 1830. The largest absolute Gasteiger partial charge is 0.497 e. The zero-order valence-electron chi connectivity index (χ0n) is 24.7. The number of esters is 2. The average Bonchev–Trinajstić information content (AvgIpc) is 3.45. The maximum atomic E-state index is 13.8. The second-order valence-electron chi connectivity index (χ2n) is 10.6. The fourth-order valence-electron chi connectivity index (χ4n) is 6.35. The van der Waals surface area contributed by atoms with Gasteiger partial charge in [-0.1, -0.05) is 42.5 Å². The Morgan fingerprint density at radius 2 is 1.21 bits per heavy atom. The molecular weight excluding hydrogens is 542 g/mol. The van der Waals surface area contributed by atoms with E-state index in [-0.39, 0.29) is 26.1 Å². The van der Waals surface area contributed by atoms with Gasteiger partial charge in [0.1, 0.15) is 11.5 Å². The van der Waals surface area contributed by atoms with Gasteiger partial charge in [0.25, 0.3) is 0 Å². The lowest BCUT2D eigenvalue weighted by atomic mass is 9.84. The number of methoxy groups -OCH3 is 2. The molecule has 4 aromatic carbocycles. The monoisotopic (exact) mass is 575 g/mol. The van der Waals surface area contributed by atoms with Gasteiger partial charge in [-0.05, 0) is 77.6 Å². The van der Waals surface area contributed by atoms with Crippen molar-refractivity contribution in [1.82, 2.24) is 4.98 Å². The Morgan fingerprint density at radius 3 is 1.74 bits per heavy atom. The van der Waals surface area contributed by atoms with E-state index < -0.39 is 17.4 Å². The summed E-state index contributed by atoms with van der Waals surface area (Å²) in [6.07, 6.45) is 2.20. The van der Waals surface area contributed by atoms with Crippen molar-refractivity contribution in [3.63, 3.8) is 0 Å². The van der Waals surface area contributed by atoms with Gasteiger partial charge in [-0.25, -0.2) is 0 Å². The lowest BCUT2D eigenvalue weighted by molar-refractivity contribution is -0.171. The summed E-state index contributed by atoms with van der Waals surface area (Å²) in [5, 5.41) is 2.91. The number of aromatic nitrogens is 1. The third-order valence-corrected chi connectivity index (χ3v) is 8.31. The first-order valence-corrected chi connectivity index (χ1v) is 14.4. The molecule has 7 heteroatoms. The molecule has 0 radical (unpaired) electrons. The Balaban J connectivity index is 1.76. The highest BCUT2D eigenvalue weighted by Gasteiger charge is 2.54. The van der Waals surface area contributed by atoms with Gasteiger partial charge in [-0.2, -0.15) is 0 Å². The van der Waals surface area contributed by atoms with Crippen molar-refractivity contribution in [3.05, 3.63) is 90.1 Å². The molecule has 5 aromatic rings. The highest BCUT2D eigenvalue weighted by Crippen LogP contribution is 2.52. The van der Waals surface area contributed by atoms with E-state index >= 15 is 0 Å². The van der Waals surface area contributed by atoms with Gasteiger partial charge >= 0.3 is 11.9 Å². The number of hydrogen-bond donors (Lipinski definition) is 0. The number of benzene rings is 4. The van der Waals surface area contributed by atoms with Crippen molar-refractivity contribution in [3.8, 4) is 33.8 Å². The summed E-state index contributed by atoms with van der Waals surface area (Å²) >= 11 is 0. The van der Waals surface area contributed by atoms with Gasteiger partial charge in [0.2, 0.25) is 0 Å². The molecule has 0 saturated carbocycles. The van der Waals surface area contributed by atoms with E-state index in [1.165, 1.54) is 0 Å². The van der Waals surface area contributed by atoms with Crippen molar-refractivity contribution in [2.24, 2.45) is 5.41 Å². The first-order valence-electron chi connectivity index (χ1n) is 14.4. The molecule has 0 spiro atoms. The number of nitrogens with zero attached hydrogens (tertiary/aromatic N) is 1. The number of fused-ring (bicyclic) bond motifs is 4. The topological polar surface area (TPSA) is 84.0 Å². The highest BCUT2D eigenvalue weighted by atomic mass is 16.6. The fraction of sp³-hybridized carbons (Fsp3) is 0.250. The van der Waals surface area contributed by atoms with E-state index in [4.69, 9.17) is 23.9 Å². The fourth-order valence-corrected chi connectivity index (χ4v) is 6.35. The third-order valence-electron chi connectivity index (χ3n) is 8.31. The number of carbonyl (C=O) groups is 2. The molecule has 0 aliphatic heterocycles. The van der Waals surface area contributed by atoms with E-state index in [2.05, 4.69) is 6.07 Å². The second kappa shape index (κ2) is 11.4. The molecule has 43 heavy (non-hydrogen) atoms. The third kappa shape index (κ3) is 4.65. The molecule has 7 nitrogen and oxygen atoms in total. The zero-order chi connectivity index (χ0) is 30.1. The van der Waals surface area contributed by atoms with Crippen molar-refractivity contribution in [2.45, 2.75) is 26.7 Å². The van der Waals surface area contributed by atoms with Gasteiger partial charge < -0.3 is 18.9 Å². The first kappa shape index (κ1) is 28.2. The first-order chi connectivity index (χ1) is 20.9. The number of rotatable bonds is 8. The molecule has 0 unspecified atom stereocenters. The Kier molecular flexibility index (Phi) is 7.48. The molecule has 0 saturated heterocycles. The summed E-state index contributed by atoms with van der Waals surface area (Å²) < 4.78 is 22.0. The predicted octanol–water partition coefficient (Wildman–Crippen LogP) is 6.95. The molecule has 0 N–H and O–H groups in total. The van der Waals surface area contributed by atoms with Crippen molar-refractivity contribution < 1.29 is 28.5 Å². The van der Waals surface area contributed by atoms with Crippen LogP contribution in [0, 0.1) is 5.41 Å². The summed E-state index contributed by atoms with van der Waals surface area (Å²) in [4.78, 5) is 32.4. The van der Waals surface area contributed by atoms with Gasteiger partial charge in [0.05, 0.1) is 33.0 Å². The average molecular weight is 576 g/mol. The van der Waals surface area contributed by atoms with Crippen LogP contribution in [0.15, 0.2) is 79.0 Å². The van der Waals surface area contributed by atoms with Crippen LogP contribution in [0.25, 0.3) is 43.9 Å². The van der Waals surface area contributed by atoms with Crippen LogP contribution in [-0.4, -0.2) is 44.4 Å². The smallest absolute Gasteiger partial charge is 0.324 e. The minimum atomic E-state index is -1.52. The van der Waals surface area contributed by atoms with E-state index in [0.717, 1.165) is 66.6 Å². The van der Waals surface area contributed by atoms with E-state index in [1.807, 2.05) is 72.9 Å².